The number of benzene rings is 2. The van der Waals surface area contributed by atoms with Gasteiger partial charge < -0.3 is 24.6 Å². The van der Waals surface area contributed by atoms with Gasteiger partial charge in [0, 0.05) is 48.5 Å². The molecule has 4 aromatic rings. The number of nitrogens with zero attached hydrogens (tertiary/aromatic N) is 9. The Morgan fingerprint density at radius 1 is 1.14 bits per heavy atom. The molecule has 1 fully saturated rings. The quantitative estimate of drug-likeness (QED) is 0.134. The number of aliphatic hydroxyl groups is 2. The van der Waals surface area contributed by atoms with E-state index in [9.17, 15) is 19.1 Å². The predicted molar refractivity (Wildman–Crippen MR) is 145 cm³/mol. The Morgan fingerprint density at radius 3 is 2.61 bits per heavy atom. The molecule has 3 heterocycles. The lowest BCUT2D eigenvalue weighted by atomic mass is 9.85. The summed E-state index contributed by atoms with van der Waals surface area (Å²) in [5, 5.41) is 36.1. The number of aliphatic hydroxyl groups excluding tert-OH is 1. The van der Waals surface area contributed by atoms with Gasteiger partial charge in [-0.1, -0.05) is 6.07 Å². The van der Waals surface area contributed by atoms with Crippen molar-refractivity contribution in [1.29, 1.82) is 0 Å². The number of anilines is 1. The lowest BCUT2D eigenvalue weighted by molar-refractivity contribution is -0.728. The lowest BCUT2D eigenvalue weighted by Gasteiger charge is -2.38. The van der Waals surface area contributed by atoms with Crippen molar-refractivity contribution >= 4 is 17.9 Å². The van der Waals surface area contributed by atoms with E-state index in [4.69, 9.17) is 14.6 Å². The zero-order valence-corrected chi connectivity index (χ0v) is 23.6. The molecule has 1 aliphatic rings. The van der Waals surface area contributed by atoms with Gasteiger partial charge in [-0.05, 0) is 47.7 Å². The van der Waals surface area contributed by atoms with Crippen molar-refractivity contribution in [2.24, 2.45) is 0 Å². The largest absolute Gasteiger partial charge is 0.511 e. The van der Waals surface area contributed by atoms with Crippen molar-refractivity contribution in [1.82, 2.24) is 34.9 Å². The van der Waals surface area contributed by atoms with Crippen LogP contribution in [0.5, 0.6) is 0 Å². The van der Waals surface area contributed by atoms with E-state index in [1.54, 1.807) is 31.2 Å². The summed E-state index contributed by atoms with van der Waals surface area (Å²) in [6.45, 7) is 1.33. The van der Waals surface area contributed by atoms with Crippen LogP contribution in [0.2, 0.25) is 0 Å². The van der Waals surface area contributed by atoms with Gasteiger partial charge in [0.1, 0.15) is 30.1 Å². The molecule has 0 radical (unpaired) electrons. The van der Waals surface area contributed by atoms with Crippen LogP contribution in [0.3, 0.4) is 0 Å². The fraction of sp³-hybridized carbons (Fsp3) is 0.370. The molecule has 17 heteroatoms. The second-order valence-electron chi connectivity index (χ2n) is 10.0. The molecule has 2 atom stereocenters. The molecule has 2 amide bonds. The molecule has 1 aliphatic heterocycles. The van der Waals surface area contributed by atoms with Crippen molar-refractivity contribution in [2.45, 2.75) is 38.3 Å². The third kappa shape index (κ3) is 6.47. The number of hydrogen-bond donors (Lipinski definition) is 2. The Labute approximate surface area is 249 Å². The molecule has 2 N–H and O–H groups in total. The van der Waals surface area contributed by atoms with Crippen LogP contribution in [0.25, 0.3) is 5.69 Å². The number of urea groups is 1. The number of aromatic nitrogens is 7. The van der Waals surface area contributed by atoms with Crippen LogP contribution < -0.4 is 9.47 Å². The Kier molecular flexibility index (Phi) is 9.05. The highest BCUT2D eigenvalue weighted by molar-refractivity contribution is 5.94. The van der Waals surface area contributed by atoms with E-state index in [0.29, 0.717) is 24.0 Å². The van der Waals surface area contributed by atoms with Gasteiger partial charge in [0.15, 0.2) is 0 Å². The zero-order chi connectivity index (χ0) is 31.3. The molecule has 232 valence electrons. The normalized spacial score (nSPS) is 15.3. The summed E-state index contributed by atoms with van der Waals surface area (Å²) < 4.78 is 43.0. The van der Waals surface area contributed by atoms with E-state index in [0.717, 1.165) is 12.1 Å². The first-order valence-corrected chi connectivity index (χ1v) is 13.6. The summed E-state index contributed by atoms with van der Waals surface area (Å²) in [5.41, 5.74) is -1.01. The van der Waals surface area contributed by atoms with E-state index in [2.05, 4.69) is 20.6 Å². The molecule has 5 rings (SSSR count). The third-order valence-corrected chi connectivity index (χ3v) is 7.26. The van der Waals surface area contributed by atoms with Gasteiger partial charge in [-0.3, -0.25) is 4.90 Å². The maximum atomic E-state index is 15.2. The molecule has 0 saturated carbocycles. The van der Waals surface area contributed by atoms with E-state index in [1.807, 2.05) is 0 Å². The summed E-state index contributed by atoms with van der Waals surface area (Å²) in [4.78, 5) is 28.3. The lowest BCUT2D eigenvalue weighted by Crippen LogP contribution is -2.53. The fourth-order valence-electron chi connectivity index (χ4n) is 4.91. The number of ether oxygens (including phenoxy) is 2. The van der Waals surface area contributed by atoms with Crippen molar-refractivity contribution < 1.29 is 42.6 Å². The van der Waals surface area contributed by atoms with Crippen LogP contribution in [-0.4, -0.2) is 89.6 Å². The number of hydrogen-bond acceptors (Lipinski definition) is 10. The highest BCUT2D eigenvalue weighted by Crippen LogP contribution is 2.35. The molecule has 0 unspecified atom stereocenters. The fourth-order valence-corrected chi connectivity index (χ4v) is 4.91. The predicted octanol–water partition coefficient (Wildman–Crippen LogP) is 1.14. The Bertz CT molecular complexity index is 1590. The molecule has 2 aromatic heterocycles. The summed E-state index contributed by atoms with van der Waals surface area (Å²) in [6, 6.07) is 8.38. The van der Waals surface area contributed by atoms with E-state index >= 15 is 4.39 Å². The van der Waals surface area contributed by atoms with Gasteiger partial charge in [0.25, 0.3) is 6.33 Å². The highest BCUT2D eigenvalue weighted by Gasteiger charge is 2.47. The SMILES string of the molecule is C[C@@H](N1CCN(c2ccc(-n3cnnn3)cc2)C1=O)[C@](O)(Cn1c[n+](COC(=O)OCCCO)cn1)c1ccc(F)cc1F. The molecule has 0 spiro atoms. The Morgan fingerprint density at radius 2 is 1.91 bits per heavy atom. The molecule has 2 aromatic carbocycles. The summed E-state index contributed by atoms with van der Waals surface area (Å²) >= 11 is 0. The van der Waals surface area contributed by atoms with E-state index in [1.165, 1.54) is 42.7 Å². The number of rotatable bonds is 12. The molecule has 0 bridgehead atoms. The van der Waals surface area contributed by atoms with Gasteiger partial charge in [0.05, 0.1) is 18.3 Å². The van der Waals surface area contributed by atoms with Crippen molar-refractivity contribution in [3.05, 3.63) is 78.6 Å². The van der Waals surface area contributed by atoms with Gasteiger partial charge in [-0.15, -0.1) is 9.78 Å². The second kappa shape index (κ2) is 13.1. The minimum Gasteiger partial charge on any atom is -0.434 e. The molecular formula is C27H30F2N9O6+. The summed E-state index contributed by atoms with van der Waals surface area (Å²) in [7, 11) is 0. The number of tetrazole rings is 1. The number of halogens is 2. The molecule has 0 aliphatic carbocycles. The monoisotopic (exact) mass is 614 g/mol. The maximum Gasteiger partial charge on any atom is 0.511 e. The van der Waals surface area contributed by atoms with Crippen LogP contribution in [-0.2, 0) is 28.4 Å². The van der Waals surface area contributed by atoms with Gasteiger partial charge >= 0.3 is 12.2 Å². The number of carbonyl (C=O) groups is 2. The zero-order valence-electron chi connectivity index (χ0n) is 23.6. The maximum absolute atomic E-state index is 15.2. The van der Waals surface area contributed by atoms with Crippen molar-refractivity contribution in [2.75, 3.05) is 31.2 Å². The van der Waals surface area contributed by atoms with E-state index in [-0.39, 0.29) is 45.0 Å². The van der Waals surface area contributed by atoms with Crippen LogP contribution in [0.15, 0.2) is 61.4 Å². The van der Waals surface area contributed by atoms with Crippen molar-refractivity contribution in [3.8, 4) is 5.69 Å². The topological polar surface area (TPSA) is 165 Å². The molecule has 15 nitrogen and oxygen atoms in total. The minimum absolute atomic E-state index is 0.00786. The Balaban J connectivity index is 1.34. The minimum atomic E-state index is -2.07. The van der Waals surface area contributed by atoms with Crippen molar-refractivity contribution in [3.63, 3.8) is 0 Å². The smallest absolute Gasteiger partial charge is 0.434 e. The Hall–Kier alpha value is -5.03. The van der Waals surface area contributed by atoms with Crippen LogP contribution in [0, 0.1) is 11.6 Å². The number of amides is 2. The highest BCUT2D eigenvalue weighted by atomic mass is 19.1. The first-order valence-electron chi connectivity index (χ1n) is 13.6. The van der Waals surface area contributed by atoms with Gasteiger partial charge in [-0.2, -0.15) is 0 Å². The van der Waals surface area contributed by atoms with Crippen LogP contribution in [0.4, 0.5) is 24.1 Å². The standard InChI is InChI=1S/C27H30F2N9O6/c1-19(36-9-10-37(25(36)40)21-4-6-22(7-5-21)38-15-30-32-33-38)27(42,23-8-3-20(28)13-24(23)29)14-35-17-34(16-31-35)18-44-26(41)43-12-2-11-39/h3-8,13,15-17,19,39,42H,2,9-12,14,18H2,1H3/q+1/t19-,27-/m1/s1. The summed E-state index contributed by atoms with van der Waals surface area (Å²) in [6.07, 6.45) is 3.49. The average molecular weight is 615 g/mol. The van der Waals surface area contributed by atoms with Gasteiger partial charge in [-0.25, -0.2) is 27.6 Å². The first-order chi connectivity index (χ1) is 21.2. The van der Waals surface area contributed by atoms with Crippen LogP contribution >= 0.6 is 0 Å². The van der Waals surface area contributed by atoms with E-state index < -0.39 is 35.5 Å². The second-order valence-corrected chi connectivity index (χ2v) is 10.0. The molecule has 1 saturated heterocycles. The first kappa shape index (κ1) is 30.4. The van der Waals surface area contributed by atoms with Crippen LogP contribution in [0.1, 0.15) is 18.9 Å². The van der Waals surface area contributed by atoms with Gasteiger partial charge in [0.2, 0.25) is 13.1 Å². The average Bonchev–Trinajstić information content (AvgIpc) is 3.78. The molecular weight excluding hydrogens is 584 g/mol. The third-order valence-electron chi connectivity index (χ3n) is 7.26. The molecule has 44 heavy (non-hydrogen) atoms. The number of carbonyl (C=O) groups excluding carboxylic acids is 2. The summed E-state index contributed by atoms with van der Waals surface area (Å²) in [5.74, 6) is -1.82.